The van der Waals surface area contributed by atoms with Crippen LogP contribution in [-0.4, -0.2) is 51.1 Å². The Labute approximate surface area is 157 Å². The largest absolute Gasteiger partial charge is 0.494 e. The van der Waals surface area contributed by atoms with E-state index in [0.717, 1.165) is 37.2 Å². The normalized spacial score (nSPS) is 16.4. The van der Waals surface area contributed by atoms with E-state index in [4.69, 9.17) is 4.74 Å². The van der Waals surface area contributed by atoms with E-state index in [0.29, 0.717) is 32.5 Å². The van der Waals surface area contributed by atoms with Crippen LogP contribution in [0.2, 0.25) is 0 Å². The Bertz CT molecular complexity index is 665. The van der Waals surface area contributed by atoms with Gasteiger partial charge in [-0.2, -0.15) is 0 Å². The Morgan fingerprint density at radius 3 is 2.46 bits per heavy atom. The third kappa shape index (κ3) is 6.61. The molecule has 0 atom stereocenters. The number of nitrogens with zero attached hydrogens (tertiary/aromatic N) is 1. The summed E-state index contributed by atoms with van der Waals surface area (Å²) in [6.07, 6.45) is 5.32. The van der Waals surface area contributed by atoms with Gasteiger partial charge in [0, 0.05) is 25.6 Å². The Morgan fingerprint density at radius 2 is 1.88 bits per heavy atom. The smallest absolute Gasteiger partial charge is 0.223 e. The monoisotopic (exact) mass is 382 g/mol. The average molecular weight is 383 g/mol. The maximum atomic E-state index is 12.2. The number of carbonyl (C=O) groups is 1. The van der Waals surface area contributed by atoms with Crippen LogP contribution in [0.3, 0.4) is 0 Å². The molecule has 1 aromatic carbocycles. The van der Waals surface area contributed by atoms with Gasteiger partial charge in [-0.05, 0) is 43.4 Å². The number of rotatable bonds is 9. The first-order chi connectivity index (χ1) is 12.4. The summed E-state index contributed by atoms with van der Waals surface area (Å²) in [5.41, 5.74) is 1.15. The first kappa shape index (κ1) is 20.7. The molecule has 1 amide bonds. The maximum absolute atomic E-state index is 12.2. The van der Waals surface area contributed by atoms with Crippen molar-refractivity contribution in [2.45, 2.75) is 39.0 Å². The van der Waals surface area contributed by atoms with Crippen molar-refractivity contribution in [3.63, 3.8) is 0 Å². The number of amides is 1. The van der Waals surface area contributed by atoms with Crippen molar-refractivity contribution in [2.24, 2.45) is 5.92 Å². The van der Waals surface area contributed by atoms with Gasteiger partial charge < -0.3 is 10.1 Å². The van der Waals surface area contributed by atoms with Gasteiger partial charge >= 0.3 is 0 Å². The van der Waals surface area contributed by atoms with E-state index in [-0.39, 0.29) is 11.8 Å². The fourth-order valence-corrected chi connectivity index (χ4v) is 3.88. The lowest BCUT2D eigenvalue weighted by Crippen LogP contribution is -2.42. The van der Waals surface area contributed by atoms with Crippen LogP contribution in [-0.2, 0) is 21.2 Å². The standard InChI is InChI=1S/C19H30N2O4S/c1-3-4-15-25-18-7-5-16(6-8-18)9-12-20-19(22)17-10-13-21(14-11-17)26(2,23)24/h5-8,17H,3-4,9-15H2,1-2H3,(H,20,22). The van der Waals surface area contributed by atoms with E-state index >= 15 is 0 Å². The van der Waals surface area contributed by atoms with Crippen molar-refractivity contribution < 1.29 is 17.9 Å². The van der Waals surface area contributed by atoms with Crippen molar-refractivity contribution in [2.75, 3.05) is 32.5 Å². The highest BCUT2D eigenvalue weighted by atomic mass is 32.2. The highest BCUT2D eigenvalue weighted by Gasteiger charge is 2.28. The van der Waals surface area contributed by atoms with Crippen LogP contribution in [0.25, 0.3) is 0 Å². The second-order valence-electron chi connectivity index (χ2n) is 6.82. The van der Waals surface area contributed by atoms with E-state index in [2.05, 4.69) is 12.2 Å². The summed E-state index contributed by atoms with van der Waals surface area (Å²) in [5, 5.41) is 2.97. The molecule has 6 nitrogen and oxygen atoms in total. The molecule has 0 unspecified atom stereocenters. The van der Waals surface area contributed by atoms with E-state index < -0.39 is 10.0 Å². The minimum Gasteiger partial charge on any atom is -0.494 e. The Kier molecular flexibility index (Phi) is 7.90. The van der Waals surface area contributed by atoms with E-state index in [9.17, 15) is 13.2 Å². The van der Waals surface area contributed by atoms with Gasteiger partial charge in [0.15, 0.2) is 0 Å². The van der Waals surface area contributed by atoms with Crippen LogP contribution in [0, 0.1) is 5.92 Å². The maximum Gasteiger partial charge on any atom is 0.223 e. The van der Waals surface area contributed by atoms with Gasteiger partial charge in [0.1, 0.15) is 5.75 Å². The summed E-state index contributed by atoms with van der Waals surface area (Å²) in [7, 11) is -3.15. The van der Waals surface area contributed by atoms with Crippen LogP contribution in [0.15, 0.2) is 24.3 Å². The second-order valence-corrected chi connectivity index (χ2v) is 8.81. The molecule has 1 N–H and O–H groups in total. The molecule has 1 fully saturated rings. The quantitative estimate of drug-likeness (QED) is 0.665. The number of nitrogens with one attached hydrogen (secondary N) is 1. The van der Waals surface area contributed by atoms with E-state index in [1.165, 1.54) is 10.6 Å². The van der Waals surface area contributed by atoms with Crippen molar-refractivity contribution in [1.29, 1.82) is 0 Å². The molecule has 7 heteroatoms. The van der Waals surface area contributed by atoms with Gasteiger partial charge in [-0.25, -0.2) is 12.7 Å². The molecule has 0 aliphatic carbocycles. The summed E-state index contributed by atoms with van der Waals surface area (Å²) in [6, 6.07) is 7.98. The Morgan fingerprint density at radius 1 is 1.23 bits per heavy atom. The average Bonchev–Trinajstić information content (AvgIpc) is 2.62. The molecule has 2 rings (SSSR count). The van der Waals surface area contributed by atoms with Gasteiger partial charge in [-0.1, -0.05) is 25.5 Å². The SMILES string of the molecule is CCCCOc1ccc(CCNC(=O)C2CCN(S(C)(=O)=O)CC2)cc1. The number of hydrogen-bond donors (Lipinski definition) is 1. The molecule has 1 heterocycles. The fraction of sp³-hybridized carbons (Fsp3) is 0.632. The zero-order valence-electron chi connectivity index (χ0n) is 15.7. The minimum atomic E-state index is -3.15. The molecule has 1 aliphatic rings. The van der Waals surface area contributed by atoms with Crippen LogP contribution in [0.4, 0.5) is 0 Å². The molecule has 0 aromatic heterocycles. The first-order valence-corrected chi connectivity index (χ1v) is 11.2. The van der Waals surface area contributed by atoms with Crippen LogP contribution >= 0.6 is 0 Å². The summed E-state index contributed by atoms with van der Waals surface area (Å²) < 4.78 is 30.1. The third-order valence-corrected chi connectivity index (χ3v) is 6.00. The van der Waals surface area contributed by atoms with E-state index in [1.807, 2.05) is 24.3 Å². The number of carbonyl (C=O) groups excluding carboxylic acids is 1. The summed E-state index contributed by atoms with van der Waals surface area (Å²) >= 11 is 0. The summed E-state index contributed by atoms with van der Waals surface area (Å²) in [5.74, 6) is 0.809. The lowest BCUT2D eigenvalue weighted by atomic mass is 9.97. The molecule has 1 aliphatic heterocycles. The lowest BCUT2D eigenvalue weighted by molar-refractivity contribution is -0.126. The predicted molar refractivity (Wildman–Crippen MR) is 103 cm³/mol. The van der Waals surface area contributed by atoms with Crippen LogP contribution in [0.1, 0.15) is 38.2 Å². The molecule has 0 bridgehead atoms. The highest BCUT2D eigenvalue weighted by molar-refractivity contribution is 7.88. The van der Waals surface area contributed by atoms with Crippen LogP contribution < -0.4 is 10.1 Å². The second kappa shape index (κ2) is 9.92. The molecule has 1 aromatic rings. The number of sulfonamides is 1. The molecule has 0 spiro atoms. The number of benzene rings is 1. The molecular formula is C19H30N2O4S. The molecular weight excluding hydrogens is 352 g/mol. The topological polar surface area (TPSA) is 75.7 Å². The lowest BCUT2D eigenvalue weighted by Gasteiger charge is -2.29. The van der Waals surface area contributed by atoms with Crippen molar-refractivity contribution in [3.8, 4) is 5.75 Å². The number of ether oxygens (including phenoxy) is 1. The molecule has 0 saturated carbocycles. The van der Waals surface area contributed by atoms with Gasteiger partial charge in [0.25, 0.3) is 0 Å². The molecule has 26 heavy (non-hydrogen) atoms. The molecule has 1 saturated heterocycles. The Balaban J connectivity index is 1.68. The first-order valence-electron chi connectivity index (χ1n) is 9.34. The van der Waals surface area contributed by atoms with Gasteiger partial charge in [-0.3, -0.25) is 4.79 Å². The third-order valence-electron chi connectivity index (χ3n) is 4.70. The fourth-order valence-electron chi connectivity index (χ4n) is 3.01. The molecule has 0 radical (unpaired) electrons. The van der Waals surface area contributed by atoms with Crippen molar-refractivity contribution >= 4 is 15.9 Å². The Hall–Kier alpha value is -1.60. The highest BCUT2D eigenvalue weighted by Crippen LogP contribution is 2.19. The number of hydrogen-bond acceptors (Lipinski definition) is 4. The van der Waals surface area contributed by atoms with Crippen molar-refractivity contribution in [3.05, 3.63) is 29.8 Å². The summed E-state index contributed by atoms with van der Waals surface area (Å²) in [4.78, 5) is 12.2. The zero-order chi connectivity index (χ0) is 19.0. The molecule has 146 valence electrons. The minimum absolute atomic E-state index is 0.0256. The zero-order valence-corrected chi connectivity index (χ0v) is 16.6. The van der Waals surface area contributed by atoms with E-state index in [1.54, 1.807) is 0 Å². The van der Waals surface area contributed by atoms with Crippen molar-refractivity contribution in [1.82, 2.24) is 9.62 Å². The number of piperidine rings is 1. The van der Waals surface area contributed by atoms with Gasteiger partial charge in [-0.15, -0.1) is 0 Å². The predicted octanol–water partition coefficient (Wildman–Crippen LogP) is 2.20. The number of unbranched alkanes of at least 4 members (excludes halogenated alkanes) is 1. The van der Waals surface area contributed by atoms with Gasteiger partial charge in [0.2, 0.25) is 15.9 Å². The van der Waals surface area contributed by atoms with Gasteiger partial charge in [0.05, 0.1) is 12.9 Å². The van der Waals surface area contributed by atoms with Crippen LogP contribution in [0.5, 0.6) is 5.75 Å². The summed E-state index contributed by atoms with van der Waals surface area (Å²) in [6.45, 7) is 4.31.